The quantitative estimate of drug-likeness (QED) is 0.662. The standard InChI is InChI=1S/C10H13NO.K.H/c1-2-6-10(12)11-9-7-4-3-5-8-9;;/h3-5,7-8H,2,6H2,1H3,(H,11,12);;/q;+1;-1. The number of amides is 1. The van der Waals surface area contributed by atoms with E-state index in [9.17, 15) is 4.79 Å². The molecule has 0 radical (unpaired) electrons. The first-order chi connectivity index (χ1) is 5.83. The van der Waals surface area contributed by atoms with E-state index in [0.717, 1.165) is 12.1 Å². The maximum atomic E-state index is 11.1. The Morgan fingerprint density at radius 1 is 1.38 bits per heavy atom. The molecule has 1 amide bonds. The fourth-order valence-corrected chi connectivity index (χ4v) is 0.972. The molecule has 3 heteroatoms. The molecule has 66 valence electrons. The van der Waals surface area contributed by atoms with Crippen molar-refractivity contribution in [3.05, 3.63) is 30.3 Å². The third-order valence-corrected chi connectivity index (χ3v) is 1.53. The van der Waals surface area contributed by atoms with Crippen LogP contribution in [-0.2, 0) is 4.79 Å². The van der Waals surface area contributed by atoms with Crippen LogP contribution in [0.25, 0.3) is 0 Å². The maximum absolute atomic E-state index is 11.1. The summed E-state index contributed by atoms with van der Waals surface area (Å²) in [7, 11) is 0. The van der Waals surface area contributed by atoms with Gasteiger partial charge in [-0.2, -0.15) is 0 Å². The number of carbonyl (C=O) groups excluding carboxylic acids is 1. The number of para-hydroxylation sites is 1. The average Bonchev–Trinajstić information content (AvgIpc) is 2.06. The molecule has 0 saturated carbocycles. The molecule has 0 spiro atoms. The molecule has 0 saturated heterocycles. The van der Waals surface area contributed by atoms with Gasteiger partial charge < -0.3 is 6.74 Å². The molecule has 1 aromatic rings. The zero-order chi connectivity index (χ0) is 8.81. The Bertz CT molecular complexity index is 254. The van der Waals surface area contributed by atoms with Gasteiger partial charge in [0.1, 0.15) is 0 Å². The van der Waals surface area contributed by atoms with Crippen molar-refractivity contribution in [3.63, 3.8) is 0 Å². The molecule has 1 N–H and O–H groups in total. The summed E-state index contributed by atoms with van der Waals surface area (Å²) in [5, 5.41) is 2.80. The molecule has 2 nitrogen and oxygen atoms in total. The second kappa shape index (κ2) is 7.70. The summed E-state index contributed by atoms with van der Waals surface area (Å²) in [6, 6.07) is 9.50. The molecule has 0 atom stereocenters. The van der Waals surface area contributed by atoms with E-state index in [0.29, 0.717) is 6.42 Å². The van der Waals surface area contributed by atoms with Gasteiger partial charge in [0, 0.05) is 12.1 Å². The van der Waals surface area contributed by atoms with Crippen LogP contribution in [0.3, 0.4) is 0 Å². The molecule has 1 aromatic carbocycles. The molecule has 13 heavy (non-hydrogen) atoms. The predicted octanol–water partition coefficient (Wildman–Crippen LogP) is -0.458. The number of anilines is 1. The second-order valence-electron chi connectivity index (χ2n) is 2.66. The zero-order valence-electron chi connectivity index (χ0n) is 9.21. The van der Waals surface area contributed by atoms with Crippen molar-refractivity contribution in [1.82, 2.24) is 0 Å². The SMILES string of the molecule is CCCC(=O)Nc1ccccc1.[H-].[K+]. The number of hydrogen-bond donors (Lipinski definition) is 1. The van der Waals surface area contributed by atoms with E-state index in [1.807, 2.05) is 37.3 Å². The van der Waals surface area contributed by atoms with Crippen LogP contribution in [0.5, 0.6) is 0 Å². The molecule has 0 aliphatic carbocycles. The minimum Gasteiger partial charge on any atom is -1.00 e. The van der Waals surface area contributed by atoms with Gasteiger partial charge in [-0.15, -0.1) is 0 Å². The van der Waals surface area contributed by atoms with Gasteiger partial charge in [-0.1, -0.05) is 25.1 Å². The van der Waals surface area contributed by atoms with Crippen molar-refractivity contribution in [3.8, 4) is 0 Å². The summed E-state index contributed by atoms with van der Waals surface area (Å²) in [4.78, 5) is 11.1. The van der Waals surface area contributed by atoms with Crippen LogP contribution in [-0.4, -0.2) is 5.91 Å². The van der Waals surface area contributed by atoms with Crippen LogP contribution in [0.1, 0.15) is 21.2 Å². The number of rotatable bonds is 3. The Labute approximate surface area is 123 Å². The molecule has 0 aliphatic heterocycles. The Balaban J connectivity index is 0. The average molecular weight is 203 g/mol. The number of hydrogen-bond acceptors (Lipinski definition) is 1. The van der Waals surface area contributed by atoms with Crippen molar-refractivity contribution in [2.24, 2.45) is 0 Å². The third-order valence-electron chi connectivity index (χ3n) is 1.53. The van der Waals surface area contributed by atoms with Crippen molar-refractivity contribution >= 4 is 11.6 Å². The van der Waals surface area contributed by atoms with Gasteiger partial charge in [0.05, 0.1) is 0 Å². The van der Waals surface area contributed by atoms with Crippen molar-refractivity contribution in [2.75, 3.05) is 5.32 Å². The van der Waals surface area contributed by atoms with Crippen LogP contribution in [0, 0.1) is 0 Å². The van der Waals surface area contributed by atoms with Gasteiger partial charge in [-0.05, 0) is 18.6 Å². The molecule has 0 aliphatic rings. The number of benzene rings is 1. The third kappa shape index (κ3) is 5.60. The molecule has 1 rings (SSSR count). The molecule has 0 unspecified atom stereocenters. The Morgan fingerprint density at radius 2 is 2.00 bits per heavy atom. The van der Waals surface area contributed by atoms with Gasteiger partial charge in [0.25, 0.3) is 0 Å². The summed E-state index contributed by atoms with van der Waals surface area (Å²) in [6.45, 7) is 1.99. The van der Waals surface area contributed by atoms with E-state index in [2.05, 4.69) is 5.32 Å². The predicted molar refractivity (Wildman–Crippen MR) is 51.1 cm³/mol. The van der Waals surface area contributed by atoms with Gasteiger partial charge in [0.15, 0.2) is 0 Å². The van der Waals surface area contributed by atoms with E-state index in [-0.39, 0.29) is 58.7 Å². The topological polar surface area (TPSA) is 29.1 Å². The van der Waals surface area contributed by atoms with Crippen LogP contribution in [0.2, 0.25) is 0 Å². The maximum Gasteiger partial charge on any atom is 1.00 e. The van der Waals surface area contributed by atoms with Gasteiger partial charge >= 0.3 is 51.4 Å². The van der Waals surface area contributed by atoms with Gasteiger partial charge in [0.2, 0.25) is 5.91 Å². The van der Waals surface area contributed by atoms with E-state index in [4.69, 9.17) is 0 Å². The minimum atomic E-state index is 0. The summed E-state index contributed by atoms with van der Waals surface area (Å²) < 4.78 is 0. The Kier molecular flexibility index (Phi) is 7.90. The number of carbonyl (C=O) groups is 1. The van der Waals surface area contributed by atoms with Gasteiger partial charge in [-0.25, -0.2) is 0 Å². The van der Waals surface area contributed by atoms with Crippen molar-refractivity contribution in [2.45, 2.75) is 19.8 Å². The Morgan fingerprint density at radius 3 is 2.54 bits per heavy atom. The molecule has 0 aromatic heterocycles. The normalized spacial score (nSPS) is 8.69. The summed E-state index contributed by atoms with van der Waals surface area (Å²) in [5.41, 5.74) is 0.871. The van der Waals surface area contributed by atoms with Crippen LogP contribution >= 0.6 is 0 Å². The van der Waals surface area contributed by atoms with Crippen molar-refractivity contribution in [1.29, 1.82) is 0 Å². The fraction of sp³-hybridized carbons (Fsp3) is 0.300. The first kappa shape index (κ1) is 13.3. The first-order valence-corrected chi connectivity index (χ1v) is 4.18. The second-order valence-corrected chi connectivity index (χ2v) is 2.66. The molecular weight excluding hydrogens is 189 g/mol. The summed E-state index contributed by atoms with van der Waals surface area (Å²) >= 11 is 0. The fourth-order valence-electron chi connectivity index (χ4n) is 0.972. The largest absolute Gasteiger partial charge is 1.00 e. The molecule has 0 heterocycles. The first-order valence-electron chi connectivity index (χ1n) is 4.18. The number of nitrogens with one attached hydrogen (secondary N) is 1. The zero-order valence-corrected chi connectivity index (χ0v) is 11.3. The molecular formula is C10H14KNO. The smallest absolute Gasteiger partial charge is 1.00 e. The van der Waals surface area contributed by atoms with Crippen LogP contribution in [0.4, 0.5) is 5.69 Å². The van der Waals surface area contributed by atoms with Gasteiger partial charge in [-0.3, -0.25) is 4.79 Å². The van der Waals surface area contributed by atoms with E-state index in [1.54, 1.807) is 0 Å². The van der Waals surface area contributed by atoms with Crippen LogP contribution < -0.4 is 56.7 Å². The minimum absolute atomic E-state index is 0. The molecule has 0 bridgehead atoms. The summed E-state index contributed by atoms with van der Waals surface area (Å²) in [6.07, 6.45) is 1.48. The van der Waals surface area contributed by atoms with Crippen molar-refractivity contribution < 1.29 is 57.6 Å². The van der Waals surface area contributed by atoms with E-state index < -0.39 is 0 Å². The molecule has 0 fully saturated rings. The van der Waals surface area contributed by atoms with Crippen LogP contribution in [0.15, 0.2) is 30.3 Å². The monoisotopic (exact) mass is 203 g/mol. The Hall–Kier alpha value is 0.326. The van der Waals surface area contributed by atoms with E-state index in [1.165, 1.54) is 0 Å². The van der Waals surface area contributed by atoms with E-state index >= 15 is 0 Å². The summed E-state index contributed by atoms with van der Waals surface area (Å²) in [5.74, 6) is 0.0868.